The molecule has 0 aliphatic rings. The molecule has 0 amide bonds. The van der Waals surface area contributed by atoms with Crippen LogP contribution < -0.4 is 0 Å². The minimum absolute atomic E-state index is 0.0730. The summed E-state index contributed by atoms with van der Waals surface area (Å²) in [6.45, 7) is 1.46. The van der Waals surface area contributed by atoms with Crippen molar-refractivity contribution >= 4 is 11.8 Å². The number of Topliss-reactive ketones (excluding diaryl/α,β-unsaturated/α-hetero) is 1. The van der Waals surface area contributed by atoms with Gasteiger partial charge in [0, 0.05) is 11.6 Å². The normalized spacial score (nSPS) is 11.7. The van der Waals surface area contributed by atoms with Crippen LogP contribution in [0, 0.1) is 0 Å². The molecule has 22 heavy (non-hydrogen) atoms. The zero-order valence-electron chi connectivity index (χ0n) is 12.2. The fourth-order valence-electron chi connectivity index (χ4n) is 2.28. The van der Waals surface area contributed by atoms with E-state index in [0.29, 0.717) is 16.7 Å². The fourth-order valence-corrected chi connectivity index (χ4v) is 2.28. The van der Waals surface area contributed by atoms with Gasteiger partial charge < -0.3 is 14.9 Å². The summed E-state index contributed by atoms with van der Waals surface area (Å²) in [7, 11) is 1.27. The van der Waals surface area contributed by atoms with Crippen LogP contribution in [0.15, 0.2) is 42.5 Å². The molecule has 5 heteroatoms. The van der Waals surface area contributed by atoms with Crippen molar-refractivity contribution in [1.82, 2.24) is 0 Å². The van der Waals surface area contributed by atoms with E-state index >= 15 is 0 Å². The Morgan fingerprint density at radius 1 is 0.955 bits per heavy atom. The molecule has 0 fully saturated rings. The maximum atomic E-state index is 12.1. The molecule has 0 saturated carbocycles. The van der Waals surface area contributed by atoms with Crippen LogP contribution in [0.1, 0.15) is 34.3 Å². The minimum atomic E-state index is -0.802. The predicted molar refractivity (Wildman–Crippen MR) is 80.1 cm³/mol. The molecule has 2 rings (SSSR count). The monoisotopic (exact) mass is 300 g/mol. The first-order valence-corrected chi connectivity index (χ1v) is 6.64. The van der Waals surface area contributed by atoms with Gasteiger partial charge >= 0.3 is 5.97 Å². The van der Waals surface area contributed by atoms with Crippen molar-refractivity contribution in [2.45, 2.75) is 12.8 Å². The summed E-state index contributed by atoms with van der Waals surface area (Å²) >= 11 is 0. The Morgan fingerprint density at radius 3 is 1.95 bits per heavy atom. The van der Waals surface area contributed by atoms with Gasteiger partial charge in [-0.2, -0.15) is 0 Å². The van der Waals surface area contributed by atoms with Crippen molar-refractivity contribution in [3.05, 3.63) is 59.2 Å². The maximum Gasteiger partial charge on any atom is 0.317 e. The van der Waals surface area contributed by atoms with E-state index < -0.39 is 11.9 Å². The molecule has 2 aromatic rings. The summed E-state index contributed by atoms with van der Waals surface area (Å²) in [6, 6.07) is 10.5. The lowest BCUT2D eigenvalue weighted by Gasteiger charge is -2.16. The number of ketones is 1. The van der Waals surface area contributed by atoms with Crippen LogP contribution in [0.4, 0.5) is 0 Å². The lowest BCUT2D eigenvalue weighted by molar-refractivity contribution is -0.141. The van der Waals surface area contributed by atoms with E-state index in [1.807, 2.05) is 0 Å². The number of carbonyl (C=O) groups excluding carboxylic acids is 2. The van der Waals surface area contributed by atoms with E-state index in [1.54, 1.807) is 24.3 Å². The Bertz CT molecular complexity index is 683. The summed E-state index contributed by atoms with van der Waals surface area (Å²) < 4.78 is 4.81. The Kier molecular flexibility index (Phi) is 4.46. The summed E-state index contributed by atoms with van der Waals surface area (Å²) in [5.74, 6) is -1.70. The number of carbonyl (C=O) groups is 2. The first-order valence-electron chi connectivity index (χ1n) is 6.64. The third-order valence-corrected chi connectivity index (χ3v) is 3.35. The number of hydrogen-bond donors (Lipinski definition) is 2. The highest BCUT2D eigenvalue weighted by molar-refractivity contribution is 5.94. The number of phenolic OH excluding ortho intramolecular Hbond substituents is 2. The summed E-state index contributed by atoms with van der Waals surface area (Å²) in [6.07, 6.45) is 0. The number of esters is 1. The molecular formula is C17H16O5. The zero-order chi connectivity index (χ0) is 16.3. The minimum Gasteiger partial charge on any atom is -0.508 e. The first-order chi connectivity index (χ1) is 10.4. The molecule has 5 nitrogen and oxygen atoms in total. The lowest BCUT2D eigenvalue weighted by atomic mass is 9.90. The maximum absolute atomic E-state index is 12.1. The Morgan fingerprint density at radius 2 is 1.50 bits per heavy atom. The second kappa shape index (κ2) is 6.30. The lowest BCUT2D eigenvalue weighted by Crippen LogP contribution is -2.15. The van der Waals surface area contributed by atoms with Crippen LogP contribution in [0.5, 0.6) is 11.5 Å². The van der Waals surface area contributed by atoms with Crippen molar-refractivity contribution < 1.29 is 24.5 Å². The zero-order valence-corrected chi connectivity index (χ0v) is 12.2. The Hall–Kier alpha value is -2.82. The van der Waals surface area contributed by atoms with E-state index in [1.165, 1.54) is 32.2 Å². The first kappa shape index (κ1) is 15.6. The van der Waals surface area contributed by atoms with Crippen molar-refractivity contribution in [3.8, 4) is 11.5 Å². The van der Waals surface area contributed by atoms with E-state index in [9.17, 15) is 19.8 Å². The third-order valence-electron chi connectivity index (χ3n) is 3.35. The van der Waals surface area contributed by atoms with Crippen LogP contribution in [-0.4, -0.2) is 29.1 Å². The second-order valence-corrected chi connectivity index (χ2v) is 4.92. The SMILES string of the molecule is COC(=O)C(c1ccc(C(C)=O)cc1)c1cc(O)cc(O)c1. The van der Waals surface area contributed by atoms with Gasteiger partial charge in [-0.05, 0) is 30.2 Å². The number of benzene rings is 2. The van der Waals surface area contributed by atoms with Crippen LogP contribution in [0.25, 0.3) is 0 Å². The largest absolute Gasteiger partial charge is 0.508 e. The molecule has 1 atom stereocenters. The van der Waals surface area contributed by atoms with Gasteiger partial charge in [-0.25, -0.2) is 0 Å². The number of aromatic hydroxyl groups is 2. The Balaban J connectivity index is 2.50. The number of hydrogen-bond acceptors (Lipinski definition) is 5. The molecule has 2 N–H and O–H groups in total. The molecule has 114 valence electrons. The summed E-state index contributed by atoms with van der Waals surface area (Å²) in [5, 5.41) is 19.2. The summed E-state index contributed by atoms with van der Waals surface area (Å²) in [4.78, 5) is 23.4. The molecule has 0 saturated heterocycles. The smallest absolute Gasteiger partial charge is 0.317 e. The molecule has 0 bridgehead atoms. The van der Waals surface area contributed by atoms with Gasteiger partial charge in [0.1, 0.15) is 17.4 Å². The van der Waals surface area contributed by atoms with Gasteiger partial charge in [-0.15, -0.1) is 0 Å². The number of methoxy groups -OCH3 is 1. The molecule has 0 aliphatic carbocycles. The molecule has 0 radical (unpaired) electrons. The van der Waals surface area contributed by atoms with E-state index in [-0.39, 0.29) is 17.3 Å². The predicted octanol–water partition coefficient (Wildman–Crippen LogP) is 2.61. The van der Waals surface area contributed by atoms with Crippen molar-refractivity contribution in [1.29, 1.82) is 0 Å². The average molecular weight is 300 g/mol. The van der Waals surface area contributed by atoms with Crippen molar-refractivity contribution in [2.75, 3.05) is 7.11 Å². The van der Waals surface area contributed by atoms with Crippen LogP contribution in [0.2, 0.25) is 0 Å². The van der Waals surface area contributed by atoms with Gasteiger partial charge in [-0.3, -0.25) is 9.59 Å². The van der Waals surface area contributed by atoms with Crippen LogP contribution >= 0.6 is 0 Å². The molecule has 0 heterocycles. The molecule has 2 aromatic carbocycles. The van der Waals surface area contributed by atoms with Gasteiger partial charge in [0.25, 0.3) is 0 Å². The molecule has 0 aromatic heterocycles. The fraction of sp³-hybridized carbons (Fsp3) is 0.176. The van der Waals surface area contributed by atoms with E-state index in [2.05, 4.69) is 0 Å². The highest BCUT2D eigenvalue weighted by Crippen LogP contribution is 2.31. The van der Waals surface area contributed by atoms with Crippen molar-refractivity contribution in [2.24, 2.45) is 0 Å². The van der Waals surface area contributed by atoms with Crippen LogP contribution in [-0.2, 0) is 9.53 Å². The topological polar surface area (TPSA) is 83.8 Å². The second-order valence-electron chi connectivity index (χ2n) is 4.92. The summed E-state index contributed by atoms with van der Waals surface area (Å²) in [5.41, 5.74) is 1.54. The van der Waals surface area contributed by atoms with Gasteiger partial charge in [-0.1, -0.05) is 24.3 Å². The van der Waals surface area contributed by atoms with Gasteiger partial charge in [0.2, 0.25) is 0 Å². The van der Waals surface area contributed by atoms with Gasteiger partial charge in [0.15, 0.2) is 5.78 Å². The number of ether oxygens (including phenoxy) is 1. The number of rotatable bonds is 4. The molecule has 0 aliphatic heterocycles. The molecule has 0 spiro atoms. The van der Waals surface area contributed by atoms with Crippen LogP contribution in [0.3, 0.4) is 0 Å². The third kappa shape index (κ3) is 3.25. The standard InChI is InChI=1S/C17H16O5/c1-10(18)11-3-5-12(6-4-11)16(17(21)22-2)13-7-14(19)9-15(20)8-13/h3-9,16,19-20H,1-2H3. The quantitative estimate of drug-likeness (QED) is 0.670. The Labute approximate surface area is 127 Å². The van der Waals surface area contributed by atoms with E-state index in [0.717, 1.165) is 0 Å². The highest BCUT2D eigenvalue weighted by Gasteiger charge is 2.24. The van der Waals surface area contributed by atoms with E-state index in [4.69, 9.17) is 4.74 Å². The molecular weight excluding hydrogens is 284 g/mol. The van der Waals surface area contributed by atoms with Crippen molar-refractivity contribution in [3.63, 3.8) is 0 Å². The average Bonchev–Trinajstić information content (AvgIpc) is 2.46. The molecule has 1 unspecified atom stereocenters. The van der Waals surface area contributed by atoms with Gasteiger partial charge in [0.05, 0.1) is 7.11 Å². The highest BCUT2D eigenvalue weighted by atomic mass is 16.5. The number of phenols is 2.